The van der Waals surface area contributed by atoms with Crippen LogP contribution >= 0.6 is 23.7 Å². The number of nitrogens with zero attached hydrogens (tertiary/aromatic N) is 3. The van der Waals surface area contributed by atoms with Gasteiger partial charge in [-0.25, -0.2) is 4.98 Å². The standard InChI is InChI=1S/C21H23N3O3S.ClH/c1-13-5-6-15(9-14(13)2)20(25)24(8-7-23(3)4)21-22-16-10-17-18(27-12-26-17)11-19(16)28-21;/h5-6,9-11H,7-8,12H2,1-4H3;1H. The average molecular weight is 434 g/mol. The third-order valence-corrected chi connectivity index (χ3v) is 5.91. The van der Waals surface area contributed by atoms with Gasteiger partial charge in [-0.1, -0.05) is 17.4 Å². The van der Waals surface area contributed by atoms with Gasteiger partial charge in [0.15, 0.2) is 16.6 Å². The minimum Gasteiger partial charge on any atom is -0.454 e. The molecule has 0 saturated carbocycles. The smallest absolute Gasteiger partial charge is 0.260 e. The fraction of sp³-hybridized carbons (Fsp3) is 0.333. The van der Waals surface area contributed by atoms with Crippen molar-refractivity contribution in [1.29, 1.82) is 0 Å². The van der Waals surface area contributed by atoms with E-state index in [-0.39, 0.29) is 25.1 Å². The second-order valence-corrected chi connectivity index (χ2v) is 8.24. The van der Waals surface area contributed by atoms with Gasteiger partial charge < -0.3 is 14.4 Å². The summed E-state index contributed by atoms with van der Waals surface area (Å²) in [7, 11) is 3.99. The molecule has 0 radical (unpaired) electrons. The van der Waals surface area contributed by atoms with Gasteiger partial charge in [-0.2, -0.15) is 0 Å². The van der Waals surface area contributed by atoms with E-state index in [1.165, 1.54) is 16.9 Å². The lowest BCUT2D eigenvalue weighted by molar-refractivity contribution is 0.0985. The molecule has 0 N–H and O–H groups in total. The number of hydrogen-bond donors (Lipinski definition) is 0. The molecular formula is C21H24ClN3O3S. The van der Waals surface area contributed by atoms with Crippen LogP contribution in [0.15, 0.2) is 30.3 Å². The van der Waals surface area contributed by atoms with Crippen LogP contribution in [0.2, 0.25) is 0 Å². The zero-order valence-electron chi connectivity index (χ0n) is 16.9. The lowest BCUT2D eigenvalue weighted by Gasteiger charge is -2.22. The first-order chi connectivity index (χ1) is 13.4. The third kappa shape index (κ3) is 4.32. The summed E-state index contributed by atoms with van der Waals surface area (Å²) in [5.41, 5.74) is 3.77. The van der Waals surface area contributed by atoms with Gasteiger partial charge in [-0.05, 0) is 51.2 Å². The van der Waals surface area contributed by atoms with E-state index < -0.39 is 0 Å². The number of likely N-dealkylation sites (N-methyl/N-ethyl adjacent to an activating group) is 1. The predicted molar refractivity (Wildman–Crippen MR) is 119 cm³/mol. The lowest BCUT2D eigenvalue weighted by atomic mass is 10.1. The van der Waals surface area contributed by atoms with E-state index in [9.17, 15) is 4.79 Å². The Morgan fingerprint density at radius 3 is 2.48 bits per heavy atom. The Hall–Kier alpha value is -2.35. The molecule has 154 valence electrons. The van der Waals surface area contributed by atoms with Gasteiger partial charge in [0.1, 0.15) is 0 Å². The molecule has 1 aliphatic heterocycles. The molecule has 0 spiro atoms. The molecular weight excluding hydrogens is 410 g/mol. The summed E-state index contributed by atoms with van der Waals surface area (Å²) in [6, 6.07) is 9.64. The topological polar surface area (TPSA) is 54.9 Å². The van der Waals surface area contributed by atoms with E-state index in [1.807, 2.05) is 58.3 Å². The molecule has 1 aliphatic rings. The van der Waals surface area contributed by atoms with Crippen LogP contribution in [0.4, 0.5) is 5.13 Å². The van der Waals surface area contributed by atoms with Crippen molar-refractivity contribution in [2.24, 2.45) is 0 Å². The molecule has 0 saturated heterocycles. The van der Waals surface area contributed by atoms with E-state index in [0.717, 1.165) is 28.1 Å². The molecule has 29 heavy (non-hydrogen) atoms. The highest BCUT2D eigenvalue weighted by Crippen LogP contribution is 2.40. The average Bonchev–Trinajstić information content (AvgIpc) is 3.27. The van der Waals surface area contributed by atoms with E-state index in [4.69, 9.17) is 14.5 Å². The molecule has 0 aliphatic carbocycles. The van der Waals surface area contributed by atoms with E-state index in [1.54, 1.807) is 4.90 Å². The minimum absolute atomic E-state index is 0. The van der Waals surface area contributed by atoms with Crippen molar-refractivity contribution in [3.05, 3.63) is 47.0 Å². The number of benzene rings is 2. The normalized spacial score (nSPS) is 12.3. The SMILES string of the molecule is Cc1ccc(C(=O)N(CCN(C)C)c2nc3cc4c(cc3s2)OCO4)cc1C.Cl. The Bertz CT molecular complexity index is 1010. The molecule has 0 unspecified atom stereocenters. The number of carbonyl (C=O) groups excluding carboxylic acids is 1. The van der Waals surface area contributed by atoms with E-state index in [2.05, 4.69) is 4.90 Å². The lowest BCUT2D eigenvalue weighted by Crippen LogP contribution is -2.36. The monoisotopic (exact) mass is 433 g/mol. The van der Waals surface area contributed by atoms with Gasteiger partial charge in [0.05, 0.1) is 10.2 Å². The van der Waals surface area contributed by atoms with Crippen molar-refractivity contribution < 1.29 is 14.3 Å². The van der Waals surface area contributed by atoms with E-state index >= 15 is 0 Å². The van der Waals surface area contributed by atoms with Gasteiger partial charge in [-0.3, -0.25) is 9.69 Å². The van der Waals surface area contributed by atoms with Crippen LogP contribution in [-0.4, -0.2) is 49.8 Å². The maximum absolute atomic E-state index is 13.3. The fourth-order valence-electron chi connectivity index (χ4n) is 3.04. The quantitative estimate of drug-likeness (QED) is 0.601. The fourth-order valence-corrected chi connectivity index (χ4v) is 4.04. The zero-order chi connectivity index (χ0) is 19.8. The number of aromatic nitrogens is 1. The summed E-state index contributed by atoms with van der Waals surface area (Å²) in [4.78, 5) is 21.9. The Morgan fingerprint density at radius 1 is 1.07 bits per heavy atom. The number of fused-ring (bicyclic) bond motifs is 2. The third-order valence-electron chi connectivity index (χ3n) is 4.87. The van der Waals surface area contributed by atoms with Crippen molar-refractivity contribution in [1.82, 2.24) is 9.88 Å². The first-order valence-corrected chi connectivity index (χ1v) is 9.98. The number of aryl methyl sites for hydroxylation is 2. The second-order valence-electron chi connectivity index (χ2n) is 7.23. The van der Waals surface area contributed by atoms with Crippen molar-refractivity contribution >= 4 is 45.0 Å². The van der Waals surface area contributed by atoms with Gasteiger partial charge in [0.25, 0.3) is 5.91 Å². The summed E-state index contributed by atoms with van der Waals surface area (Å²) in [6.07, 6.45) is 0. The number of carbonyl (C=O) groups is 1. The summed E-state index contributed by atoms with van der Waals surface area (Å²) < 4.78 is 11.9. The van der Waals surface area contributed by atoms with Crippen LogP contribution in [0.1, 0.15) is 21.5 Å². The van der Waals surface area contributed by atoms with Crippen molar-refractivity contribution in [2.45, 2.75) is 13.8 Å². The number of hydrogen-bond acceptors (Lipinski definition) is 6. The molecule has 4 rings (SSSR count). The number of thiazole rings is 1. The maximum Gasteiger partial charge on any atom is 0.260 e. The molecule has 2 heterocycles. The Balaban J connectivity index is 0.00000240. The van der Waals surface area contributed by atoms with Crippen LogP contribution in [-0.2, 0) is 0 Å². The number of ether oxygens (including phenoxy) is 2. The molecule has 1 aromatic heterocycles. The number of halogens is 1. The highest BCUT2D eigenvalue weighted by atomic mass is 35.5. The molecule has 6 nitrogen and oxygen atoms in total. The predicted octanol–water partition coefficient (Wildman–Crippen LogP) is 4.27. The van der Waals surface area contributed by atoms with Crippen LogP contribution in [0.25, 0.3) is 10.2 Å². The first kappa shape index (κ1) is 21.4. The minimum atomic E-state index is -0.0379. The van der Waals surface area contributed by atoms with Gasteiger partial charge >= 0.3 is 0 Å². The Morgan fingerprint density at radius 2 is 1.79 bits per heavy atom. The largest absolute Gasteiger partial charge is 0.454 e. The second kappa shape index (κ2) is 8.57. The van der Waals surface area contributed by atoms with Gasteiger partial charge in [-0.15, -0.1) is 12.4 Å². The summed E-state index contributed by atoms with van der Waals surface area (Å²) in [5.74, 6) is 1.39. The van der Waals surface area contributed by atoms with Crippen LogP contribution in [0.3, 0.4) is 0 Å². The molecule has 0 atom stereocenters. The molecule has 0 bridgehead atoms. The molecule has 2 aromatic carbocycles. The van der Waals surface area contributed by atoms with Crippen molar-refractivity contribution in [2.75, 3.05) is 38.9 Å². The summed E-state index contributed by atoms with van der Waals surface area (Å²) in [6.45, 7) is 5.61. The van der Waals surface area contributed by atoms with E-state index in [0.29, 0.717) is 23.0 Å². The van der Waals surface area contributed by atoms with Gasteiger partial charge in [0.2, 0.25) is 6.79 Å². The number of rotatable bonds is 5. The maximum atomic E-state index is 13.3. The molecule has 1 amide bonds. The van der Waals surface area contributed by atoms with Crippen molar-refractivity contribution in [3.8, 4) is 11.5 Å². The van der Waals surface area contributed by atoms with Crippen LogP contribution in [0.5, 0.6) is 11.5 Å². The molecule has 8 heteroatoms. The van der Waals surface area contributed by atoms with Crippen LogP contribution in [0, 0.1) is 13.8 Å². The van der Waals surface area contributed by atoms with Crippen molar-refractivity contribution in [3.63, 3.8) is 0 Å². The highest BCUT2D eigenvalue weighted by molar-refractivity contribution is 7.22. The van der Waals surface area contributed by atoms with Gasteiger partial charge in [0, 0.05) is 30.8 Å². The molecule has 3 aromatic rings. The molecule has 0 fully saturated rings. The number of amides is 1. The summed E-state index contributed by atoms with van der Waals surface area (Å²) in [5, 5.41) is 0.684. The summed E-state index contributed by atoms with van der Waals surface area (Å²) >= 11 is 1.49. The Labute approximate surface area is 180 Å². The zero-order valence-corrected chi connectivity index (χ0v) is 18.5. The Kier molecular flexibility index (Phi) is 6.31. The van der Waals surface area contributed by atoms with Crippen LogP contribution < -0.4 is 14.4 Å². The first-order valence-electron chi connectivity index (χ1n) is 9.16. The number of anilines is 1. The highest BCUT2D eigenvalue weighted by Gasteiger charge is 2.23.